The third-order valence-electron chi connectivity index (χ3n) is 2.57. The largest absolute Gasteiger partial charge is 0.417 e. The Morgan fingerprint density at radius 3 is 2.21 bits per heavy atom. The van der Waals surface area contributed by atoms with Crippen molar-refractivity contribution in [2.24, 2.45) is 0 Å². The number of alkyl halides is 3. The Hall–Kier alpha value is -1.81. The van der Waals surface area contributed by atoms with Crippen LogP contribution in [-0.4, -0.2) is 5.78 Å². The number of halogens is 4. The minimum atomic E-state index is -4.59. The number of ketones is 1. The predicted molar refractivity (Wildman–Crippen MR) is 66.3 cm³/mol. The highest BCUT2D eigenvalue weighted by atomic mass is 35.5. The van der Waals surface area contributed by atoms with Crippen LogP contribution in [0.2, 0.25) is 5.02 Å². The van der Waals surface area contributed by atoms with E-state index in [1.807, 2.05) is 0 Å². The van der Waals surface area contributed by atoms with Gasteiger partial charge in [0.25, 0.3) is 0 Å². The highest BCUT2D eigenvalue weighted by molar-refractivity contribution is 6.31. The molecular weight excluding hydrogens is 277 g/mol. The number of rotatable bonds is 2. The van der Waals surface area contributed by atoms with Crippen LogP contribution < -0.4 is 0 Å². The van der Waals surface area contributed by atoms with Crippen LogP contribution in [0.3, 0.4) is 0 Å². The molecule has 2 rings (SSSR count). The van der Waals surface area contributed by atoms with Crippen molar-refractivity contribution in [3.05, 3.63) is 70.2 Å². The summed E-state index contributed by atoms with van der Waals surface area (Å²) in [4.78, 5) is 12.1. The van der Waals surface area contributed by atoms with Crippen LogP contribution in [0, 0.1) is 0 Å². The lowest BCUT2D eigenvalue weighted by atomic mass is 9.98. The van der Waals surface area contributed by atoms with Crippen molar-refractivity contribution in [2.45, 2.75) is 6.18 Å². The van der Waals surface area contributed by atoms with E-state index < -0.39 is 23.1 Å². The van der Waals surface area contributed by atoms with Gasteiger partial charge in [-0.3, -0.25) is 4.79 Å². The number of carbonyl (C=O) groups excluding carboxylic acids is 1. The van der Waals surface area contributed by atoms with Crippen molar-refractivity contribution in [2.75, 3.05) is 0 Å². The van der Waals surface area contributed by atoms with Crippen molar-refractivity contribution in [1.29, 1.82) is 0 Å². The molecule has 0 amide bonds. The van der Waals surface area contributed by atoms with Gasteiger partial charge in [0.05, 0.1) is 5.56 Å². The summed E-state index contributed by atoms with van der Waals surface area (Å²) in [6.07, 6.45) is -4.59. The minimum Gasteiger partial charge on any atom is -0.289 e. The van der Waals surface area contributed by atoms with Gasteiger partial charge in [0.2, 0.25) is 0 Å². The van der Waals surface area contributed by atoms with E-state index in [0.717, 1.165) is 18.2 Å². The Bertz CT molecular complexity index is 606. The Morgan fingerprint density at radius 2 is 1.63 bits per heavy atom. The molecule has 0 bridgehead atoms. The summed E-state index contributed by atoms with van der Waals surface area (Å²) >= 11 is 5.68. The summed E-state index contributed by atoms with van der Waals surface area (Å²) in [6, 6.07) is 10.8. The highest BCUT2D eigenvalue weighted by Crippen LogP contribution is 2.34. The van der Waals surface area contributed by atoms with E-state index in [0.29, 0.717) is 0 Å². The molecule has 0 saturated heterocycles. The first kappa shape index (κ1) is 13.6. The topological polar surface area (TPSA) is 17.1 Å². The molecule has 0 spiro atoms. The van der Waals surface area contributed by atoms with Crippen LogP contribution in [0.5, 0.6) is 0 Å². The molecule has 0 aromatic heterocycles. The second-order valence-electron chi connectivity index (χ2n) is 3.88. The average molecular weight is 285 g/mol. The Morgan fingerprint density at radius 1 is 1.00 bits per heavy atom. The first-order valence-electron chi connectivity index (χ1n) is 5.36. The van der Waals surface area contributed by atoms with Crippen LogP contribution in [0.4, 0.5) is 13.2 Å². The number of hydrogen-bond donors (Lipinski definition) is 0. The molecule has 0 unspecified atom stereocenters. The second-order valence-corrected chi connectivity index (χ2v) is 4.32. The lowest BCUT2D eigenvalue weighted by molar-refractivity contribution is -0.137. The normalized spacial score (nSPS) is 11.4. The molecule has 0 aliphatic carbocycles. The van der Waals surface area contributed by atoms with Gasteiger partial charge in [-0.1, -0.05) is 41.9 Å². The first-order valence-corrected chi connectivity index (χ1v) is 5.74. The smallest absolute Gasteiger partial charge is 0.289 e. The molecule has 2 aromatic rings. The molecule has 0 aliphatic heterocycles. The lowest BCUT2D eigenvalue weighted by Gasteiger charge is -2.12. The van der Waals surface area contributed by atoms with Crippen LogP contribution in [0.15, 0.2) is 48.5 Å². The summed E-state index contributed by atoms with van der Waals surface area (Å²) in [5, 5.41) is 0.0901. The average Bonchev–Trinajstić information content (AvgIpc) is 2.37. The summed E-state index contributed by atoms with van der Waals surface area (Å²) in [7, 11) is 0. The van der Waals surface area contributed by atoms with E-state index in [1.54, 1.807) is 18.2 Å². The number of hydrogen-bond acceptors (Lipinski definition) is 1. The summed E-state index contributed by atoms with van der Waals surface area (Å²) in [6.45, 7) is 0. The monoisotopic (exact) mass is 284 g/mol. The van der Waals surface area contributed by atoms with Gasteiger partial charge in [0, 0.05) is 16.1 Å². The van der Waals surface area contributed by atoms with Gasteiger partial charge in [-0.25, -0.2) is 0 Å². The zero-order chi connectivity index (χ0) is 14.0. The Balaban J connectivity index is 2.56. The lowest BCUT2D eigenvalue weighted by Crippen LogP contribution is -2.13. The SMILES string of the molecule is O=C(c1ccccc1)c1cc(Cl)ccc1C(F)(F)F. The maximum Gasteiger partial charge on any atom is 0.417 e. The van der Waals surface area contributed by atoms with Gasteiger partial charge in [0.1, 0.15) is 0 Å². The van der Waals surface area contributed by atoms with E-state index in [-0.39, 0.29) is 10.6 Å². The third kappa shape index (κ3) is 2.96. The zero-order valence-corrected chi connectivity index (χ0v) is 10.3. The molecule has 0 N–H and O–H groups in total. The van der Waals surface area contributed by atoms with Crippen molar-refractivity contribution >= 4 is 17.4 Å². The summed E-state index contributed by atoms with van der Waals surface area (Å²) in [5.41, 5.74) is -1.23. The van der Waals surface area contributed by atoms with Crippen LogP contribution in [0.1, 0.15) is 21.5 Å². The van der Waals surface area contributed by atoms with Gasteiger partial charge < -0.3 is 0 Å². The fraction of sp³-hybridized carbons (Fsp3) is 0.0714. The standard InChI is InChI=1S/C14H8ClF3O/c15-10-6-7-12(14(16,17)18)11(8-10)13(19)9-4-2-1-3-5-9/h1-8H. The zero-order valence-electron chi connectivity index (χ0n) is 9.54. The quantitative estimate of drug-likeness (QED) is 0.737. The van der Waals surface area contributed by atoms with Gasteiger partial charge in [0.15, 0.2) is 5.78 Å². The molecule has 0 aliphatic rings. The van der Waals surface area contributed by atoms with Gasteiger partial charge >= 0.3 is 6.18 Å². The van der Waals surface area contributed by atoms with Crippen molar-refractivity contribution in [1.82, 2.24) is 0 Å². The molecule has 1 nitrogen and oxygen atoms in total. The Labute approximate surface area is 112 Å². The molecule has 0 atom stereocenters. The van der Waals surface area contributed by atoms with Gasteiger partial charge in [-0.15, -0.1) is 0 Å². The molecule has 5 heteroatoms. The summed E-state index contributed by atoms with van der Waals surface area (Å²) in [5.74, 6) is -0.699. The number of carbonyl (C=O) groups is 1. The second kappa shape index (κ2) is 5.05. The third-order valence-corrected chi connectivity index (χ3v) is 2.80. The van der Waals surface area contributed by atoms with Gasteiger partial charge in [-0.2, -0.15) is 13.2 Å². The van der Waals surface area contributed by atoms with Crippen molar-refractivity contribution < 1.29 is 18.0 Å². The fourth-order valence-electron chi connectivity index (χ4n) is 1.70. The van der Waals surface area contributed by atoms with E-state index in [9.17, 15) is 18.0 Å². The van der Waals surface area contributed by atoms with Crippen LogP contribution in [0.25, 0.3) is 0 Å². The predicted octanol–water partition coefficient (Wildman–Crippen LogP) is 4.59. The maximum atomic E-state index is 12.9. The molecule has 0 saturated carbocycles. The highest BCUT2D eigenvalue weighted by Gasteiger charge is 2.35. The number of benzene rings is 2. The van der Waals surface area contributed by atoms with E-state index in [2.05, 4.69) is 0 Å². The van der Waals surface area contributed by atoms with Gasteiger partial charge in [-0.05, 0) is 18.2 Å². The van der Waals surface area contributed by atoms with Crippen LogP contribution >= 0.6 is 11.6 Å². The van der Waals surface area contributed by atoms with E-state index in [1.165, 1.54) is 12.1 Å². The van der Waals surface area contributed by atoms with E-state index >= 15 is 0 Å². The van der Waals surface area contributed by atoms with Crippen LogP contribution in [-0.2, 0) is 6.18 Å². The Kier molecular flexibility index (Phi) is 3.62. The maximum absolute atomic E-state index is 12.9. The fourth-order valence-corrected chi connectivity index (χ4v) is 1.87. The van der Waals surface area contributed by atoms with Crippen molar-refractivity contribution in [3.8, 4) is 0 Å². The molecule has 0 heterocycles. The van der Waals surface area contributed by atoms with Crippen molar-refractivity contribution in [3.63, 3.8) is 0 Å². The molecule has 2 aromatic carbocycles. The molecular formula is C14H8ClF3O. The van der Waals surface area contributed by atoms with E-state index in [4.69, 9.17) is 11.6 Å². The minimum absolute atomic E-state index is 0.0901. The molecule has 0 radical (unpaired) electrons. The molecule has 19 heavy (non-hydrogen) atoms. The molecule has 98 valence electrons. The first-order chi connectivity index (χ1) is 8.89. The summed E-state index contributed by atoms with van der Waals surface area (Å²) < 4.78 is 38.6. The molecule has 0 fully saturated rings.